The second-order valence-corrected chi connectivity index (χ2v) is 7.56. The topological polar surface area (TPSA) is 55.6 Å². The van der Waals surface area contributed by atoms with Crippen LogP contribution >= 0.6 is 0 Å². The van der Waals surface area contributed by atoms with Gasteiger partial charge in [0.15, 0.2) is 5.76 Å². The first-order valence-corrected chi connectivity index (χ1v) is 10.2. The summed E-state index contributed by atoms with van der Waals surface area (Å²) in [7, 11) is 1.61. The highest BCUT2D eigenvalue weighted by Gasteiger charge is 2.19. The fourth-order valence-corrected chi connectivity index (χ4v) is 3.36. The van der Waals surface area contributed by atoms with Crippen molar-refractivity contribution < 1.29 is 18.4 Å². The molecule has 4 aromatic rings. The van der Waals surface area contributed by atoms with E-state index in [4.69, 9.17) is 9.26 Å². The van der Waals surface area contributed by atoms with E-state index in [2.05, 4.69) is 5.16 Å². The molecule has 1 aromatic heterocycles. The Bertz CT molecular complexity index is 1180. The lowest BCUT2D eigenvalue weighted by molar-refractivity contribution is 0.0726. The predicted octanol–water partition coefficient (Wildman–Crippen LogP) is 5.64. The van der Waals surface area contributed by atoms with E-state index in [1.165, 1.54) is 12.1 Å². The van der Waals surface area contributed by atoms with Gasteiger partial charge < -0.3 is 14.2 Å². The van der Waals surface area contributed by atoms with Gasteiger partial charge in [-0.3, -0.25) is 4.79 Å². The Kier molecular flexibility index (Phi) is 6.31. The van der Waals surface area contributed by atoms with Crippen molar-refractivity contribution in [3.63, 3.8) is 0 Å². The summed E-state index contributed by atoms with van der Waals surface area (Å²) in [5, 5.41) is 4.16. The molecule has 5 nitrogen and oxygen atoms in total. The van der Waals surface area contributed by atoms with Crippen molar-refractivity contribution in [2.24, 2.45) is 0 Å². The van der Waals surface area contributed by atoms with Crippen LogP contribution in [0.3, 0.4) is 0 Å². The van der Waals surface area contributed by atoms with Crippen molar-refractivity contribution in [1.82, 2.24) is 10.1 Å². The van der Waals surface area contributed by atoms with Gasteiger partial charge >= 0.3 is 0 Å². The van der Waals surface area contributed by atoms with E-state index in [1.807, 2.05) is 49.4 Å². The van der Waals surface area contributed by atoms with Crippen LogP contribution in [0.5, 0.6) is 5.75 Å². The smallest absolute Gasteiger partial charge is 0.254 e. The molecule has 0 spiro atoms. The first kappa shape index (κ1) is 21.3. The van der Waals surface area contributed by atoms with Crippen molar-refractivity contribution in [1.29, 1.82) is 0 Å². The first-order valence-electron chi connectivity index (χ1n) is 10.2. The molecule has 0 radical (unpaired) electrons. The zero-order valence-corrected chi connectivity index (χ0v) is 17.9. The molecule has 0 saturated heterocycles. The van der Waals surface area contributed by atoms with Gasteiger partial charge in [0.05, 0.1) is 13.7 Å². The fourth-order valence-electron chi connectivity index (χ4n) is 3.36. The van der Waals surface area contributed by atoms with Crippen LogP contribution in [0, 0.1) is 12.7 Å². The lowest BCUT2D eigenvalue weighted by Gasteiger charge is -2.22. The number of ether oxygens (including phenoxy) is 1. The van der Waals surface area contributed by atoms with Crippen molar-refractivity contribution in [3.8, 4) is 17.1 Å². The lowest BCUT2D eigenvalue weighted by atomic mass is 10.1. The number of rotatable bonds is 7. The average Bonchev–Trinajstić information content (AvgIpc) is 3.29. The maximum Gasteiger partial charge on any atom is 0.254 e. The van der Waals surface area contributed by atoms with E-state index in [0.29, 0.717) is 23.6 Å². The molecule has 0 N–H and O–H groups in total. The van der Waals surface area contributed by atoms with E-state index in [-0.39, 0.29) is 18.3 Å². The third-order valence-corrected chi connectivity index (χ3v) is 5.16. The minimum atomic E-state index is -0.314. The van der Waals surface area contributed by atoms with Crippen LogP contribution in [-0.2, 0) is 13.1 Å². The molecule has 0 aliphatic heterocycles. The van der Waals surface area contributed by atoms with Gasteiger partial charge in [-0.2, -0.15) is 0 Å². The molecule has 162 valence electrons. The number of hydrogen-bond acceptors (Lipinski definition) is 4. The van der Waals surface area contributed by atoms with E-state index < -0.39 is 0 Å². The Hall–Kier alpha value is -3.93. The van der Waals surface area contributed by atoms with Crippen molar-refractivity contribution in [2.45, 2.75) is 20.0 Å². The largest absolute Gasteiger partial charge is 0.497 e. The van der Waals surface area contributed by atoms with Gasteiger partial charge in [-0.05, 0) is 61.0 Å². The summed E-state index contributed by atoms with van der Waals surface area (Å²) >= 11 is 0. The molecule has 0 bridgehead atoms. The summed E-state index contributed by atoms with van der Waals surface area (Å²) in [4.78, 5) is 14.9. The summed E-state index contributed by atoms with van der Waals surface area (Å²) in [5.74, 6) is 0.906. The number of carbonyl (C=O) groups excluding carboxylic acids is 1. The van der Waals surface area contributed by atoms with Crippen LogP contribution in [0.4, 0.5) is 4.39 Å². The Morgan fingerprint density at radius 2 is 1.66 bits per heavy atom. The molecule has 0 unspecified atom stereocenters. The molecule has 4 rings (SSSR count). The number of amides is 1. The molecule has 6 heteroatoms. The number of nitrogens with zero attached hydrogens (tertiary/aromatic N) is 2. The van der Waals surface area contributed by atoms with Gasteiger partial charge in [0.1, 0.15) is 17.3 Å². The molecule has 1 heterocycles. The Morgan fingerprint density at radius 1 is 0.969 bits per heavy atom. The van der Waals surface area contributed by atoms with Crippen molar-refractivity contribution in [3.05, 3.63) is 107 Å². The third kappa shape index (κ3) is 5.03. The number of benzene rings is 3. The molecular weight excluding hydrogens is 407 g/mol. The summed E-state index contributed by atoms with van der Waals surface area (Å²) < 4.78 is 24.0. The zero-order valence-electron chi connectivity index (χ0n) is 17.9. The summed E-state index contributed by atoms with van der Waals surface area (Å²) in [6, 6.07) is 22.8. The highest BCUT2D eigenvalue weighted by Crippen LogP contribution is 2.24. The van der Waals surface area contributed by atoms with Gasteiger partial charge in [-0.1, -0.05) is 35.0 Å². The summed E-state index contributed by atoms with van der Waals surface area (Å²) in [6.45, 7) is 2.54. The molecule has 0 aliphatic carbocycles. The zero-order chi connectivity index (χ0) is 22.5. The Balaban J connectivity index is 1.58. The number of hydrogen-bond donors (Lipinski definition) is 0. The quantitative estimate of drug-likeness (QED) is 0.381. The first-order chi connectivity index (χ1) is 15.5. The second-order valence-electron chi connectivity index (χ2n) is 7.56. The Morgan fingerprint density at radius 3 is 2.31 bits per heavy atom. The van der Waals surface area contributed by atoms with Crippen LogP contribution in [0.2, 0.25) is 0 Å². The fraction of sp³-hybridized carbons (Fsp3) is 0.154. The van der Waals surface area contributed by atoms with Crippen molar-refractivity contribution in [2.75, 3.05) is 7.11 Å². The molecular formula is C26H23FN2O3. The number of carbonyl (C=O) groups is 1. The molecule has 0 saturated carbocycles. The van der Waals surface area contributed by atoms with Gasteiger partial charge in [0.25, 0.3) is 5.91 Å². The van der Waals surface area contributed by atoms with Gasteiger partial charge in [0, 0.05) is 23.7 Å². The van der Waals surface area contributed by atoms with E-state index >= 15 is 0 Å². The summed E-state index contributed by atoms with van der Waals surface area (Å²) in [5.41, 5.74) is 3.97. The van der Waals surface area contributed by atoms with Crippen molar-refractivity contribution >= 4 is 5.91 Å². The van der Waals surface area contributed by atoms with E-state index in [1.54, 1.807) is 36.3 Å². The highest BCUT2D eigenvalue weighted by atomic mass is 19.1. The average molecular weight is 430 g/mol. The highest BCUT2D eigenvalue weighted by molar-refractivity contribution is 5.94. The summed E-state index contributed by atoms with van der Waals surface area (Å²) in [6.07, 6.45) is 0. The molecule has 0 fully saturated rings. The van der Waals surface area contributed by atoms with E-state index in [9.17, 15) is 9.18 Å². The Labute approximate surface area is 186 Å². The van der Waals surface area contributed by atoms with Gasteiger partial charge in [0.2, 0.25) is 0 Å². The molecule has 1 amide bonds. The minimum absolute atomic E-state index is 0.136. The number of aromatic nitrogens is 1. The molecule has 32 heavy (non-hydrogen) atoms. The van der Waals surface area contributed by atoms with Crippen LogP contribution in [-0.4, -0.2) is 23.1 Å². The standard InChI is InChI=1S/C26H23FN2O3/c1-18-3-7-21(8-4-18)26(30)29(16-19-5-11-22(27)12-6-19)17-23-15-25(32-28-23)20-9-13-24(31-2)14-10-20/h3-15H,16-17H2,1-2H3. The second kappa shape index (κ2) is 9.47. The van der Waals surface area contributed by atoms with E-state index in [0.717, 1.165) is 22.4 Å². The monoisotopic (exact) mass is 430 g/mol. The van der Waals surface area contributed by atoms with Gasteiger partial charge in [-0.25, -0.2) is 4.39 Å². The minimum Gasteiger partial charge on any atom is -0.497 e. The number of aryl methyl sites for hydroxylation is 1. The SMILES string of the molecule is COc1ccc(-c2cc(CN(Cc3ccc(F)cc3)C(=O)c3ccc(C)cc3)no2)cc1. The number of halogens is 1. The normalized spacial score (nSPS) is 10.7. The molecule has 0 aliphatic rings. The maximum atomic E-state index is 13.3. The van der Waals surface area contributed by atoms with Gasteiger partial charge in [-0.15, -0.1) is 0 Å². The van der Waals surface area contributed by atoms with Crippen LogP contribution in [0.1, 0.15) is 27.2 Å². The number of methoxy groups -OCH3 is 1. The van der Waals surface area contributed by atoms with Crippen LogP contribution < -0.4 is 4.74 Å². The molecule has 0 atom stereocenters. The molecule has 3 aromatic carbocycles. The third-order valence-electron chi connectivity index (χ3n) is 5.16. The van der Waals surface area contributed by atoms with Crippen LogP contribution in [0.25, 0.3) is 11.3 Å². The maximum absolute atomic E-state index is 13.3. The predicted molar refractivity (Wildman–Crippen MR) is 120 cm³/mol. The van der Waals surface area contributed by atoms with Crippen LogP contribution in [0.15, 0.2) is 83.4 Å². The lowest BCUT2D eigenvalue weighted by Crippen LogP contribution is -2.30.